The summed E-state index contributed by atoms with van der Waals surface area (Å²) in [6.45, 7) is 2.71. The average molecular weight is 347 g/mol. The van der Waals surface area contributed by atoms with Crippen LogP contribution in [0.1, 0.15) is 22.8 Å². The third-order valence-corrected chi connectivity index (χ3v) is 4.26. The third kappa shape index (κ3) is 4.28. The summed E-state index contributed by atoms with van der Waals surface area (Å²) in [6.07, 6.45) is 0. The molecular formula is C22H21NO3. The van der Waals surface area contributed by atoms with Crippen LogP contribution in [-0.2, 0) is 16.1 Å². The van der Waals surface area contributed by atoms with Crippen molar-refractivity contribution in [2.24, 2.45) is 0 Å². The largest absolute Gasteiger partial charge is 0.452 e. The van der Waals surface area contributed by atoms with Gasteiger partial charge in [-0.05, 0) is 35.4 Å². The van der Waals surface area contributed by atoms with Crippen LogP contribution in [0.4, 0.5) is 0 Å². The van der Waals surface area contributed by atoms with Gasteiger partial charge >= 0.3 is 5.97 Å². The van der Waals surface area contributed by atoms with Crippen LogP contribution in [0, 0.1) is 0 Å². The molecule has 4 heteroatoms. The molecule has 3 rings (SSSR count). The predicted octanol–water partition coefficient (Wildman–Crippen LogP) is 4.05. The van der Waals surface area contributed by atoms with Crippen LogP contribution in [0.15, 0.2) is 72.8 Å². The molecule has 0 aromatic heterocycles. The topological polar surface area (TPSA) is 46.6 Å². The molecule has 0 aliphatic rings. The van der Waals surface area contributed by atoms with E-state index in [0.29, 0.717) is 18.7 Å². The Labute approximate surface area is 153 Å². The monoisotopic (exact) mass is 347 g/mol. The number of nitrogens with zero attached hydrogens (tertiary/aromatic N) is 1. The molecular weight excluding hydrogens is 326 g/mol. The second-order valence-electron chi connectivity index (χ2n) is 6.03. The number of rotatable bonds is 6. The SMILES string of the molecule is CCN(Cc1ccccc1)C(=O)COC(=O)c1ccc2ccccc2c1. The van der Waals surface area contributed by atoms with E-state index < -0.39 is 5.97 Å². The van der Waals surface area contributed by atoms with Crippen LogP contribution < -0.4 is 0 Å². The minimum absolute atomic E-state index is 0.203. The Kier molecular flexibility index (Phi) is 5.64. The van der Waals surface area contributed by atoms with Gasteiger partial charge in [0.2, 0.25) is 0 Å². The van der Waals surface area contributed by atoms with Gasteiger partial charge in [-0.25, -0.2) is 4.79 Å². The van der Waals surface area contributed by atoms with Crippen molar-refractivity contribution in [2.75, 3.05) is 13.2 Å². The van der Waals surface area contributed by atoms with Gasteiger partial charge in [0.1, 0.15) is 0 Å². The fourth-order valence-electron chi connectivity index (χ4n) is 2.80. The zero-order valence-corrected chi connectivity index (χ0v) is 14.7. The summed E-state index contributed by atoms with van der Waals surface area (Å²) in [5.74, 6) is -0.689. The summed E-state index contributed by atoms with van der Waals surface area (Å²) in [5.41, 5.74) is 1.49. The van der Waals surface area contributed by atoms with Gasteiger partial charge in [-0.15, -0.1) is 0 Å². The van der Waals surface area contributed by atoms with Gasteiger partial charge < -0.3 is 9.64 Å². The lowest BCUT2D eigenvalue weighted by atomic mass is 10.1. The summed E-state index contributed by atoms with van der Waals surface area (Å²) in [5, 5.41) is 2.02. The Morgan fingerprint density at radius 3 is 2.31 bits per heavy atom. The Morgan fingerprint density at radius 1 is 0.885 bits per heavy atom. The number of fused-ring (bicyclic) bond motifs is 1. The molecule has 0 saturated heterocycles. The standard InChI is InChI=1S/C22H21NO3/c1-2-23(15-17-8-4-3-5-9-17)21(24)16-26-22(25)20-13-12-18-10-6-7-11-19(18)14-20/h3-14H,2,15-16H2,1H3. The number of amides is 1. The maximum atomic E-state index is 12.4. The maximum Gasteiger partial charge on any atom is 0.338 e. The fourth-order valence-corrected chi connectivity index (χ4v) is 2.80. The Balaban J connectivity index is 1.60. The van der Waals surface area contributed by atoms with Gasteiger partial charge in [-0.3, -0.25) is 4.79 Å². The zero-order valence-electron chi connectivity index (χ0n) is 14.7. The smallest absolute Gasteiger partial charge is 0.338 e. The van der Waals surface area contributed by atoms with Crippen LogP contribution in [0.25, 0.3) is 10.8 Å². The van der Waals surface area contributed by atoms with Crippen molar-refractivity contribution in [3.8, 4) is 0 Å². The number of hydrogen-bond donors (Lipinski definition) is 0. The number of esters is 1. The highest BCUT2D eigenvalue weighted by Crippen LogP contribution is 2.16. The van der Waals surface area contributed by atoms with Crippen LogP contribution >= 0.6 is 0 Å². The van der Waals surface area contributed by atoms with Gasteiger partial charge in [0.15, 0.2) is 6.61 Å². The molecule has 26 heavy (non-hydrogen) atoms. The molecule has 0 heterocycles. The first-order chi connectivity index (χ1) is 12.7. The van der Waals surface area contributed by atoms with Crippen LogP contribution in [-0.4, -0.2) is 29.9 Å². The van der Waals surface area contributed by atoms with Crippen LogP contribution in [0.2, 0.25) is 0 Å². The Morgan fingerprint density at radius 2 is 1.58 bits per heavy atom. The van der Waals surface area contributed by atoms with E-state index in [-0.39, 0.29) is 12.5 Å². The Hall–Kier alpha value is -3.14. The van der Waals surface area contributed by atoms with E-state index in [1.54, 1.807) is 17.0 Å². The number of carbonyl (C=O) groups is 2. The van der Waals surface area contributed by atoms with E-state index in [9.17, 15) is 9.59 Å². The number of carbonyl (C=O) groups excluding carboxylic acids is 2. The fraction of sp³-hybridized carbons (Fsp3) is 0.182. The zero-order chi connectivity index (χ0) is 18.4. The van der Waals surface area contributed by atoms with E-state index >= 15 is 0 Å². The molecule has 0 saturated carbocycles. The summed E-state index contributed by atoms with van der Waals surface area (Å²) < 4.78 is 5.23. The van der Waals surface area contributed by atoms with Gasteiger partial charge in [-0.2, -0.15) is 0 Å². The molecule has 132 valence electrons. The molecule has 3 aromatic rings. The molecule has 0 aliphatic carbocycles. The van der Waals surface area contributed by atoms with Gasteiger partial charge in [0.05, 0.1) is 5.56 Å². The quantitative estimate of drug-likeness (QED) is 0.632. The summed E-state index contributed by atoms with van der Waals surface area (Å²) in [4.78, 5) is 26.3. The van der Waals surface area contributed by atoms with Crippen LogP contribution in [0.5, 0.6) is 0 Å². The molecule has 0 spiro atoms. The van der Waals surface area contributed by atoms with Crippen molar-refractivity contribution in [1.82, 2.24) is 4.90 Å². The minimum atomic E-state index is -0.486. The second kappa shape index (κ2) is 8.30. The summed E-state index contributed by atoms with van der Waals surface area (Å²) in [7, 11) is 0. The number of likely N-dealkylation sites (N-methyl/N-ethyl adjacent to an activating group) is 1. The van der Waals surface area contributed by atoms with Crippen molar-refractivity contribution >= 4 is 22.6 Å². The van der Waals surface area contributed by atoms with E-state index in [1.807, 2.05) is 67.6 Å². The molecule has 0 atom stereocenters. The molecule has 0 radical (unpaired) electrons. The lowest BCUT2D eigenvalue weighted by Gasteiger charge is -2.20. The molecule has 0 bridgehead atoms. The van der Waals surface area contributed by atoms with Crippen molar-refractivity contribution in [1.29, 1.82) is 0 Å². The van der Waals surface area contributed by atoms with Gasteiger partial charge in [-0.1, -0.05) is 60.7 Å². The van der Waals surface area contributed by atoms with E-state index in [0.717, 1.165) is 16.3 Å². The van der Waals surface area contributed by atoms with Crippen molar-refractivity contribution in [2.45, 2.75) is 13.5 Å². The lowest BCUT2D eigenvalue weighted by molar-refractivity contribution is -0.134. The molecule has 4 nitrogen and oxygen atoms in total. The lowest BCUT2D eigenvalue weighted by Crippen LogP contribution is -2.34. The summed E-state index contributed by atoms with van der Waals surface area (Å²) in [6, 6.07) is 22.9. The number of ether oxygens (including phenoxy) is 1. The first kappa shape index (κ1) is 17.7. The van der Waals surface area contributed by atoms with Crippen molar-refractivity contribution in [3.63, 3.8) is 0 Å². The average Bonchev–Trinajstić information content (AvgIpc) is 2.70. The van der Waals surface area contributed by atoms with Gasteiger partial charge in [0, 0.05) is 13.1 Å². The van der Waals surface area contributed by atoms with E-state index in [1.165, 1.54) is 0 Å². The molecule has 1 amide bonds. The molecule has 0 N–H and O–H groups in total. The highest BCUT2D eigenvalue weighted by molar-refractivity contribution is 5.96. The first-order valence-corrected chi connectivity index (χ1v) is 8.65. The predicted molar refractivity (Wildman–Crippen MR) is 102 cm³/mol. The highest BCUT2D eigenvalue weighted by Gasteiger charge is 2.16. The van der Waals surface area contributed by atoms with Crippen molar-refractivity contribution in [3.05, 3.63) is 83.9 Å². The second-order valence-corrected chi connectivity index (χ2v) is 6.03. The minimum Gasteiger partial charge on any atom is -0.452 e. The van der Waals surface area contributed by atoms with E-state index in [2.05, 4.69) is 0 Å². The van der Waals surface area contributed by atoms with Crippen molar-refractivity contribution < 1.29 is 14.3 Å². The first-order valence-electron chi connectivity index (χ1n) is 8.65. The molecule has 0 fully saturated rings. The molecule has 3 aromatic carbocycles. The van der Waals surface area contributed by atoms with Gasteiger partial charge in [0.25, 0.3) is 5.91 Å². The molecule has 0 unspecified atom stereocenters. The number of benzene rings is 3. The normalized spacial score (nSPS) is 10.5. The van der Waals surface area contributed by atoms with Crippen LogP contribution in [0.3, 0.4) is 0 Å². The Bertz CT molecular complexity index is 905. The van der Waals surface area contributed by atoms with E-state index in [4.69, 9.17) is 4.74 Å². The molecule has 0 aliphatic heterocycles. The summed E-state index contributed by atoms with van der Waals surface area (Å²) >= 11 is 0. The third-order valence-electron chi connectivity index (χ3n) is 4.26. The maximum absolute atomic E-state index is 12.4. The number of hydrogen-bond acceptors (Lipinski definition) is 3. The highest BCUT2D eigenvalue weighted by atomic mass is 16.5.